The maximum absolute atomic E-state index is 13.2. The lowest BCUT2D eigenvalue weighted by atomic mass is 10.1. The van der Waals surface area contributed by atoms with Crippen molar-refractivity contribution in [3.63, 3.8) is 0 Å². The van der Waals surface area contributed by atoms with Crippen molar-refractivity contribution in [2.24, 2.45) is 0 Å². The van der Waals surface area contributed by atoms with Crippen LogP contribution in [-0.2, 0) is 14.4 Å². The van der Waals surface area contributed by atoms with Crippen molar-refractivity contribution in [1.82, 2.24) is 14.7 Å². The van der Waals surface area contributed by atoms with E-state index in [1.165, 1.54) is 0 Å². The molecular formula is C37H44N6O4. The number of rotatable bonds is 10. The van der Waals surface area contributed by atoms with E-state index in [-0.39, 0.29) is 30.2 Å². The molecule has 47 heavy (non-hydrogen) atoms. The zero-order chi connectivity index (χ0) is 33.5. The molecule has 0 unspecified atom stereocenters. The van der Waals surface area contributed by atoms with Crippen LogP contribution >= 0.6 is 0 Å². The Morgan fingerprint density at radius 2 is 1.15 bits per heavy atom. The first-order valence-electron chi connectivity index (χ1n) is 16.1. The van der Waals surface area contributed by atoms with Crippen molar-refractivity contribution in [1.29, 1.82) is 0 Å². The SMILES string of the molecule is CN(C)CC(=O)N1CCC[C@H]1C(=O)Nc1ccc(C=Cc2ccc(NC(=O)[C@@H]3CCCN3C(=O)c3ccc(N(C)C)cc3)cc2)cc1. The summed E-state index contributed by atoms with van der Waals surface area (Å²) in [5.41, 5.74) is 4.87. The van der Waals surface area contributed by atoms with Gasteiger partial charge in [0.2, 0.25) is 17.7 Å². The van der Waals surface area contributed by atoms with Crippen LogP contribution in [0.4, 0.5) is 17.1 Å². The van der Waals surface area contributed by atoms with Gasteiger partial charge < -0.3 is 30.2 Å². The first-order valence-corrected chi connectivity index (χ1v) is 16.1. The van der Waals surface area contributed by atoms with Gasteiger partial charge in [-0.05, 0) is 99.4 Å². The lowest BCUT2D eigenvalue weighted by Gasteiger charge is -2.25. The number of amides is 4. The van der Waals surface area contributed by atoms with Crippen molar-refractivity contribution in [3.8, 4) is 0 Å². The number of carbonyl (C=O) groups excluding carboxylic acids is 4. The van der Waals surface area contributed by atoms with Crippen molar-refractivity contribution < 1.29 is 19.2 Å². The second-order valence-corrected chi connectivity index (χ2v) is 12.6. The number of hydrogen-bond donors (Lipinski definition) is 2. The predicted molar refractivity (Wildman–Crippen MR) is 187 cm³/mol. The Labute approximate surface area is 277 Å². The minimum atomic E-state index is -0.508. The van der Waals surface area contributed by atoms with E-state index >= 15 is 0 Å². The minimum absolute atomic E-state index is 0.0293. The van der Waals surface area contributed by atoms with Gasteiger partial charge in [-0.25, -0.2) is 0 Å². The zero-order valence-corrected chi connectivity index (χ0v) is 27.6. The quantitative estimate of drug-likeness (QED) is 0.314. The van der Waals surface area contributed by atoms with Crippen LogP contribution in [0, 0.1) is 0 Å². The molecule has 2 heterocycles. The van der Waals surface area contributed by atoms with Gasteiger partial charge in [-0.3, -0.25) is 19.2 Å². The number of anilines is 3. The Bertz CT molecular complexity index is 1600. The van der Waals surface area contributed by atoms with Gasteiger partial charge in [0.05, 0.1) is 6.54 Å². The third-order valence-electron chi connectivity index (χ3n) is 8.60. The van der Waals surface area contributed by atoms with Gasteiger partial charge in [-0.15, -0.1) is 0 Å². The topological polar surface area (TPSA) is 105 Å². The molecule has 2 N–H and O–H groups in total. The van der Waals surface area contributed by atoms with Gasteiger partial charge in [-0.2, -0.15) is 0 Å². The lowest BCUT2D eigenvalue weighted by Crippen LogP contribution is -2.46. The highest BCUT2D eigenvalue weighted by Gasteiger charge is 2.35. The largest absolute Gasteiger partial charge is 0.378 e. The van der Waals surface area contributed by atoms with Crippen LogP contribution in [0.5, 0.6) is 0 Å². The van der Waals surface area contributed by atoms with E-state index in [0.717, 1.165) is 29.7 Å². The van der Waals surface area contributed by atoms with Crippen LogP contribution in [0.2, 0.25) is 0 Å². The lowest BCUT2D eigenvalue weighted by molar-refractivity contribution is -0.137. The number of benzene rings is 3. The van der Waals surface area contributed by atoms with Gasteiger partial charge in [-0.1, -0.05) is 36.4 Å². The first kappa shape index (κ1) is 33.4. The highest BCUT2D eigenvalue weighted by atomic mass is 16.2. The molecule has 3 aromatic rings. The van der Waals surface area contributed by atoms with Gasteiger partial charge in [0, 0.05) is 49.8 Å². The summed E-state index contributed by atoms with van der Waals surface area (Å²) in [6, 6.07) is 21.6. The predicted octanol–water partition coefficient (Wildman–Crippen LogP) is 4.66. The van der Waals surface area contributed by atoms with Gasteiger partial charge in [0.25, 0.3) is 5.91 Å². The smallest absolute Gasteiger partial charge is 0.254 e. The van der Waals surface area contributed by atoms with Crippen LogP contribution in [0.3, 0.4) is 0 Å². The molecule has 2 aliphatic rings. The van der Waals surface area contributed by atoms with Crippen LogP contribution in [-0.4, -0.2) is 98.2 Å². The summed E-state index contributed by atoms with van der Waals surface area (Å²) in [7, 11) is 7.59. The van der Waals surface area contributed by atoms with Gasteiger partial charge >= 0.3 is 0 Å². The number of carbonyl (C=O) groups is 4. The van der Waals surface area contributed by atoms with E-state index in [1.54, 1.807) is 9.80 Å². The summed E-state index contributed by atoms with van der Waals surface area (Å²) in [5, 5.41) is 5.94. The summed E-state index contributed by atoms with van der Waals surface area (Å²) in [4.78, 5) is 59.0. The van der Waals surface area contributed by atoms with Crippen LogP contribution < -0.4 is 15.5 Å². The fourth-order valence-electron chi connectivity index (χ4n) is 6.05. The Morgan fingerprint density at radius 1 is 0.681 bits per heavy atom. The summed E-state index contributed by atoms with van der Waals surface area (Å²) >= 11 is 0. The second kappa shape index (κ2) is 15.1. The van der Waals surface area contributed by atoms with Crippen LogP contribution in [0.15, 0.2) is 72.8 Å². The average molecular weight is 637 g/mol. The molecule has 2 aliphatic heterocycles. The zero-order valence-electron chi connectivity index (χ0n) is 27.6. The van der Waals surface area contributed by atoms with E-state index < -0.39 is 12.1 Å². The minimum Gasteiger partial charge on any atom is -0.378 e. The molecular weight excluding hydrogens is 592 g/mol. The molecule has 10 nitrogen and oxygen atoms in total. The fraction of sp³-hybridized carbons (Fsp3) is 0.351. The molecule has 0 aliphatic carbocycles. The fourth-order valence-corrected chi connectivity index (χ4v) is 6.05. The number of nitrogens with zero attached hydrogens (tertiary/aromatic N) is 4. The summed E-state index contributed by atoms with van der Waals surface area (Å²) in [5.74, 6) is -0.501. The van der Waals surface area contributed by atoms with Crippen molar-refractivity contribution in [3.05, 3.63) is 89.5 Å². The Balaban J connectivity index is 1.12. The number of nitrogens with one attached hydrogen (secondary N) is 2. The monoisotopic (exact) mass is 636 g/mol. The first-order chi connectivity index (χ1) is 22.6. The molecule has 2 fully saturated rings. The third-order valence-corrected chi connectivity index (χ3v) is 8.60. The van der Waals surface area contributed by atoms with Crippen molar-refractivity contribution in [2.75, 3.05) is 63.4 Å². The van der Waals surface area contributed by atoms with E-state index in [0.29, 0.717) is 42.9 Å². The molecule has 0 aromatic heterocycles. The van der Waals surface area contributed by atoms with Crippen molar-refractivity contribution in [2.45, 2.75) is 37.8 Å². The molecule has 0 bridgehead atoms. The molecule has 4 amide bonds. The molecule has 3 aromatic carbocycles. The average Bonchev–Trinajstić information content (AvgIpc) is 3.76. The standard InChI is InChI=1S/C37H44N6O4/c1-40(2)25-34(44)42-23-5-7-32(42)35(45)38-29-17-11-26(12-18-29)9-10-27-13-19-30(20-14-27)39-36(46)33-8-6-24-43(33)37(47)28-15-21-31(22-16-28)41(3)4/h9-22,32-33H,5-8,23-25H2,1-4H3,(H,38,45)(H,39,46)/t32-,33-/m0/s1. The summed E-state index contributed by atoms with van der Waals surface area (Å²) < 4.78 is 0. The number of likely N-dealkylation sites (tertiary alicyclic amines) is 2. The molecule has 5 rings (SSSR count). The summed E-state index contributed by atoms with van der Waals surface area (Å²) in [6.45, 7) is 1.45. The second-order valence-electron chi connectivity index (χ2n) is 12.6. The molecule has 246 valence electrons. The third kappa shape index (κ3) is 8.45. The molecule has 10 heteroatoms. The number of likely N-dealkylation sites (N-methyl/N-ethyl adjacent to an activating group) is 1. The Hall–Kier alpha value is -4.96. The van der Waals surface area contributed by atoms with Crippen LogP contribution in [0.1, 0.15) is 47.2 Å². The van der Waals surface area contributed by atoms with Gasteiger partial charge in [0.15, 0.2) is 0 Å². The van der Waals surface area contributed by atoms with E-state index in [4.69, 9.17) is 0 Å². The number of hydrogen-bond acceptors (Lipinski definition) is 6. The van der Waals surface area contributed by atoms with Gasteiger partial charge in [0.1, 0.15) is 12.1 Å². The van der Waals surface area contributed by atoms with E-state index in [1.807, 2.05) is 123 Å². The molecule has 0 spiro atoms. The molecule has 0 saturated carbocycles. The maximum atomic E-state index is 13.2. The van der Waals surface area contributed by atoms with Crippen molar-refractivity contribution >= 4 is 52.8 Å². The molecule has 2 atom stereocenters. The highest BCUT2D eigenvalue weighted by molar-refractivity contribution is 6.02. The maximum Gasteiger partial charge on any atom is 0.254 e. The van der Waals surface area contributed by atoms with E-state index in [2.05, 4.69) is 10.6 Å². The Kier molecular flexibility index (Phi) is 10.7. The van der Waals surface area contributed by atoms with Crippen LogP contribution in [0.25, 0.3) is 12.2 Å². The van der Waals surface area contributed by atoms with E-state index in [9.17, 15) is 19.2 Å². The summed E-state index contributed by atoms with van der Waals surface area (Å²) in [6.07, 6.45) is 6.86. The Morgan fingerprint density at radius 3 is 1.62 bits per heavy atom. The normalized spacial score (nSPS) is 17.7. The highest BCUT2D eigenvalue weighted by Crippen LogP contribution is 2.24. The molecule has 0 radical (unpaired) electrons. The molecule has 2 saturated heterocycles.